The number of nitriles is 1. The number of halogens is 2. The van der Waals surface area contributed by atoms with Crippen molar-refractivity contribution in [2.75, 3.05) is 5.73 Å². The van der Waals surface area contributed by atoms with Gasteiger partial charge in [0.15, 0.2) is 0 Å². The molecule has 2 nitrogen and oxygen atoms in total. The third-order valence-corrected chi connectivity index (χ3v) is 3.29. The topological polar surface area (TPSA) is 49.8 Å². The third kappa shape index (κ3) is 2.60. The average Bonchev–Trinajstić information content (AvgIpc) is 2.36. The largest absolute Gasteiger partial charge is 0.398 e. The molecule has 0 aliphatic carbocycles. The summed E-state index contributed by atoms with van der Waals surface area (Å²) >= 11 is 1.04. The van der Waals surface area contributed by atoms with E-state index in [1.807, 2.05) is 6.07 Å². The molecule has 0 radical (unpaired) electrons. The first-order valence-electron chi connectivity index (χ1n) is 5.02. The molecule has 0 unspecified atom stereocenters. The predicted molar refractivity (Wildman–Crippen MR) is 66.1 cm³/mol. The molecule has 0 spiro atoms. The minimum atomic E-state index is -0.505. The van der Waals surface area contributed by atoms with Crippen LogP contribution in [0.2, 0.25) is 0 Å². The molecule has 0 aromatic heterocycles. The molecule has 2 aromatic carbocycles. The van der Waals surface area contributed by atoms with E-state index in [0.29, 0.717) is 16.1 Å². The van der Waals surface area contributed by atoms with E-state index in [1.54, 1.807) is 18.2 Å². The number of rotatable bonds is 2. The van der Waals surface area contributed by atoms with Crippen molar-refractivity contribution in [2.45, 2.75) is 9.79 Å². The van der Waals surface area contributed by atoms with Crippen molar-refractivity contribution in [3.8, 4) is 6.07 Å². The average molecular weight is 262 g/mol. The van der Waals surface area contributed by atoms with E-state index < -0.39 is 11.6 Å². The van der Waals surface area contributed by atoms with E-state index in [-0.39, 0.29) is 4.90 Å². The van der Waals surface area contributed by atoms with E-state index in [4.69, 9.17) is 11.0 Å². The SMILES string of the molecule is N#Cc1cc(Sc2cc(F)ccc2F)ccc1N. The van der Waals surface area contributed by atoms with Gasteiger partial charge in [-0.25, -0.2) is 8.78 Å². The smallest absolute Gasteiger partial charge is 0.137 e. The minimum Gasteiger partial charge on any atom is -0.398 e. The second-order valence-electron chi connectivity index (χ2n) is 3.54. The molecule has 5 heteroatoms. The van der Waals surface area contributed by atoms with Crippen molar-refractivity contribution in [1.82, 2.24) is 0 Å². The first-order valence-corrected chi connectivity index (χ1v) is 5.84. The molecule has 90 valence electrons. The Bertz CT molecular complexity index is 635. The van der Waals surface area contributed by atoms with E-state index in [1.165, 1.54) is 0 Å². The minimum absolute atomic E-state index is 0.170. The molecule has 0 saturated heterocycles. The molecule has 0 heterocycles. The summed E-state index contributed by atoms with van der Waals surface area (Å²) < 4.78 is 26.4. The van der Waals surface area contributed by atoms with Crippen LogP contribution in [0.4, 0.5) is 14.5 Å². The summed E-state index contributed by atoms with van der Waals surface area (Å²) in [6.45, 7) is 0. The predicted octanol–water partition coefficient (Wildman–Crippen LogP) is 3.57. The number of hydrogen-bond acceptors (Lipinski definition) is 3. The maximum Gasteiger partial charge on any atom is 0.137 e. The van der Waals surface area contributed by atoms with E-state index >= 15 is 0 Å². The van der Waals surface area contributed by atoms with Crippen molar-refractivity contribution in [3.05, 3.63) is 53.6 Å². The normalized spacial score (nSPS) is 10.1. The maximum absolute atomic E-state index is 13.4. The Hall–Kier alpha value is -2.06. The van der Waals surface area contributed by atoms with E-state index in [9.17, 15) is 8.78 Å². The van der Waals surface area contributed by atoms with Gasteiger partial charge >= 0.3 is 0 Å². The van der Waals surface area contributed by atoms with Crippen LogP contribution < -0.4 is 5.73 Å². The zero-order chi connectivity index (χ0) is 13.1. The van der Waals surface area contributed by atoms with Crippen LogP contribution in [0.3, 0.4) is 0 Å². The van der Waals surface area contributed by atoms with Crippen LogP contribution >= 0.6 is 11.8 Å². The third-order valence-electron chi connectivity index (χ3n) is 2.27. The Morgan fingerprint density at radius 1 is 1.11 bits per heavy atom. The standard InChI is InChI=1S/C13H8F2N2S/c14-9-1-3-11(15)13(6-9)18-10-2-4-12(17)8(5-10)7-16/h1-6H,17H2. The fourth-order valence-electron chi connectivity index (χ4n) is 1.38. The second-order valence-corrected chi connectivity index (χ2v) is 4.65. The van der Waals surface area contributed by atoms with Gasteiger partial charge in [0.1, 0.15) is 17.7 Å². The molecule has 2 N–H and O–H groups in total. The Labute approximate surface area is 107 Å². The summed E-state index contributed by atoms with van der Waals surface area (Å²) in [5.41, 5.74) is 6.26. The van der Waals surface area contributed by atoms with Gasteiger partial charge in [-0.15, -0.1) is 0 Å². The monoisotopic (exact) mass is 262 g/mol. The molecule has 2 rings (SSSR count). The van der Waals surface area contributed by atoms with Gasteiger partial charge in [0.25, 0.3) is 0 Å². The van der Waals surface area contributed by atoms with Crippen LogP contribution in [-0.2, 0) is 0 Å². The van der Waals surface area contributed by atoms with Gasteiger partial charge in [0, 0.05) is 10.6 Å². The lowest BCUT2D eigenvalue weighted by Gasteiger charge is -2.05. The highest BCUT2D eigenvalue weighted by Crippen LogP contribution is 2.31. The first-order chi connectivity index (χ1) is 8.60. The summed E-state index contributed by atoms with van der Waals surface area (Å²) in [4.78, 5) is 0.800. The lowest BCUT2D eigenvalue weighted by atomic mass is 10.2. The number of hydrogen-bond donors (Lipinski definition) is 1. The van der Waals surface area contributed by atoms with Gasteiger partial charge < -0.3 is 5.73 Å². The maximum atomic E-state index is 13.4. The molecular formula is C13H8F2N2S. The van der Waals surface area contributed by atoms with Gasteiger partial charge in [-0.3, -0.25) is 0 Å². The first kappa shape index (κ1) is 12.4. The van der Waals surface area contributed by atoms with Crippen molar-refractivity contribution < 1.29 is 8.78 Å². The number of nitrogens with two attached hydrogens (primary N) is 1. The van der Waals surface area contributed by atoms with Crippen molar-refractivity contribution in [2.24, 2.45) is 0 Å². The van der Waals surface area contributed by atoms with E-state index in [2.05, 4.69) is 0 Å². The molecule has 18 heavy (non-hydrogen) atoms. The van der Waals surface area contributed by atoms with Gasteiger partial charge in [-0.05, 0) is 36.4 Å². The summed E-state index contributed by atoms with van der Waals surface area (Å²) in [7, 11) is 0. The molecule has 0 amide bonds. The van der Waals surface area contributed by atoms with Crippen LogP contribution in [0.5, 0.6) is 0 Å². The quantitative estimate of drug-likeness (QED) is 0.842. The highest BCUT2D eigenvalue weighted by molar-refractivity contribution is 7.99. The van der Waals surface area contributed by atoms with Crippen molar-refractivity contribution in [3.63, 3.8) is 0 Å². The molecule has 0 saturated carbocycles. The summed E-state index contributed by atoms with van der Waals surface area (Å²) in [5, 5.41) is 8.83. The van der Waals surface area contributed by atoms with Gasteiger partial charge in [-0.2, -0.15) is 5.26 Å². The lowest BCUT2D eigenvalue weighted by Crippen LogP contribution is -1.90. The Morgan fingerprint density at radius 2 is 1.89 bits per heavy atom. The van der Waals surface area contributed by atoms with E-state index in [0.717, 1.165) is 30.0 Å². The highest BCUT2D eigenvalue weighted by Gasteiger charge is 2.07. The highest BCUT2D eigenvalue weighted by atomic mass is 32.2. The van der Waals surface area contributed by atoms with Gasteiger partial charge in [0.05, 0.1) is 10.5 Å². The molecular weight excluding hydrogens is 254 g/mol. The Morgan fingerprint density at radius 3 is 2.61 bits per heavy atom. The Kier molecular flexibility index (Phi) is 3.49. The van der Waals surface area contributed by atoms with Gasteiger partial charge in [-0.1, -0.05) is 11.8 Å². The summed E-state index contributed by atoms with van der Waals surface area (Å²) in [6, 6.07) is 9.95. The van der Waals surface area contributed by atoms with Crippen molar-refractivity contribution >= 4 is 17.4 Å². The lowest BCUT2D eigenvalue weighted by molar-refractivity contribution is 0.577. The molecule has 0 aliphatic heterocycles. The number of benzene rings is 2. The fourth-order valence-corrected chi connectivity index (χ4v) is 2.28. The zero-order valence-corrected chi connectivity index (χ0v) is 9.97. The summed E-state index contributed by atoms with van der Waals surface area (Å²) in [5.74, 6) is -1.01. The van der Waals surface area contributed by atoms with Gasteiger partial charge in [0.2, 0.25) is 0 Å². The number of nitrogen functional groups attached to an aromatic ring is 1. The second kappa shape index (κ2) is 5.07. The molecule has 2 aromatic rings. The van der Waals surface area contributed by atoms with Crippen LogP contribution in [0.25, 0.3) is 0 Å². The zero-order valence-electron chi connectivity index (χ0n) is 9.15. The molecule has 0 aliphatic rings. The molecule has 0 atom stereocenters. The Balaban J connectivity index is 2.34. The van der Waals surface area contributed by atoms with Crippen LogP contribution in [0, 0.1) is 23.0 Å². The van der Waals surface area contributed by atoms with Crippen molar-refractivity contribution in [1.29, 1.82) is 5.26 Å². The van der Waals surface area contributed by atoms with Crippen LogP contribution in [0.15, 0.2) is 46.2 Å². The molecule has 0 bridgehead atoms. The van der Waals surface area contributed by atoms with Crippen LogP contribution in [0.1, 0.15) is 5.56 Å². The number of nitrogens with zero attached hydrogens (tertiary/aromatic N) is 1. The fraction of sp³-hybridized carbons (Fsp3) is 0. The molecule has 0 fully saturated rings. The van der Waals surface area contributed by atoms with Crippen LogP contribution in [-0.4, -0.2) is 0 Å². The number of anilines is 1. The summed E-state index contributed by atoms with van der Waals surface area (Å²) in [6.07, 6.45) is 0.